The van der Waals surface area contributed by atoms with Crippen LogP contribution in [0.15, 0.2) is 6.20 Å². The minimum absolute atomic E-state index is 1.14. The fourth-order valence-electron chi connectivity index (χ4n) is 1.78. The number of fused-ring (bicyclic) bond motifs is 1. The van der Waals surface area contributed by atoms with Crippen LogP contribution in [0.1, 0.15) is 18.5 Å². The molecule has 12 heavy (non-hydrogen) atoms. The third kappa shape index (κ3) is 1.19. The van der Waals surface area contributed by atoms with Crippen molar-refractivity contribution < 1.29 is 0 Å². The predicted molar refractivity (Wildman–Crippen MR) is 49.4 cm³/mol. The SMILES string of the molecule is CN1CCCCc2nn(C)cc21. The van der Waals surface area contributed by atoms with Crippen LogP contribution in [0.3, 0.4) is 0 Å². The van der Waals surface area contributed by atoms with Crippen LogP contribution in [0.2, 0.25) is 0 Å². The Labute approximate surface area is 73.0 Å². The van der Waals surface area contributed by atoms with Gasteiger partial charge in [-0.05, 0) is 19.3 Å². The average molecular weight is 165 g/mol. The van der Waals surface area contributed by atoms with E-state index in [2.05, 4.69) is 23.2 Å². The van der Waals surface area contributed by atoms with Crippen molar-refractivity contribution in [1.82, 2.24) is 9.78 Å². The highest BCUT2D eigenvalue weighted by atomic mass is 15.3. The Bertz CT molecular complexity index is 277. The number of nitrogens with zero attached hydrogens (tertiary/aromatic N) is 3. The summed E-state index contributed by atoms with van der Waals surface area (Å²) in [5.74, 6) is 0. The number of aryl methyl sites for hydroxylation is 2. The normalized spacial score (nSPS) is 17.3. The molecule has 0 aliphatic carbocycles. The first kappa shape index (κ1) is 7.65. The molecule has 0 unspecified atom stereocenters. The summed E-state index contributed by atoms with van der Waals surface area (Å²) in [6, 6.07) is 0. The van der Waals surface area contributed by atoms with Crippen molar-refractivity contribution in [3.8, 4) is 0 Å². The zero-order chi connectivity index (χ0) is 8.55. The third-order valence-corrected chi connectivity index (χ3v) is 2.45. The second-order valence-corrected chi connectivity index (χ2v) is 3.51. The van der Waals surface area contributed by atoms with Gasteiger partial charge in [-0.25, -0.2) is 0 Å². The summed E-state index contributed by atoms with van der Waals surface area (Å²) in [5.41, 5.74) is 2.58. The van der Waals surface area contributed by atoms with E-state index < -0.39 is 0 Å². The third-order valence-electron chi connectivity index (χ3n) is 2.45. The number of hydrogen-bond donors (Lipinski definition) is 0. The lowest BCUT2D eigenvalue weighted by Gasteiger charge is -2.14. The van der Waals surface area contributed by atoms with Gasteiger partial charge in [0.15, 0.2) is 0 Å². The van der Waals surface area contributed by atoms with Gasteiger partial charge < -0.3 is 4.90 Å². The van der Waals surface area contributed by atoms with Gasteiger partial charge in [0.2, 0.25) is 0 Å². The van der Waals surface area contributed by atoms with Crippen LogP contribution in [0.5, 0.6) is 0 Å². The maximum atomic E-state index is 4.44. The fraction of sp³-hybridized carbons (Fsp3) is 0.667. The van der Waals surface area contributed by atoms with E-state index in [0.717, 1.165) is 6.42 Å². The number of rotatable bonds is 0. The smallest absolute Gasteiger partial charge is 0.0857 e. The minimum Gasteiger partial charge on any atom is -0.372 e. The molecule has 2 rings (SSSR count). The molecule has 66 valence electrons. The molecule has 0 atom stereocenters. The van der Waals surface area contributed by atoms with E-state index in [9.17, 15) is 0 Å². The molecule has 3 nitrogen and oxygen atoms in total. The molecule has 1 aliphatic rings. The molecule has 0 radical (unpaired) electrons. The van der Waals surface area contributed by atoms with Gasteiger partial charge in [-0.15, -0.1) is 0 Å². The van der Waals surface area contributed by atoms with E-state index in [1.165, 1.54) is 30.8 Å². The molecule has 1 aromatic rings. The Balaban J connectivity index is 2.38. The van der Waals surface area contributed by atoms with Crippen LogP contribution in [0.25, 0.3) is 0 Å². The lowest BCUT2D eigenvalue weighted by atomic mass is 10.2. The zero-order valence-electron chi connectivity index (χ0n) is 7.75. The van der Waals surface area contributed by atoms with E-state index in [1.54, 1.807) is 0 Å². The molecule has 0 fully saturated rings. The molecule has 0 spiro atoms. The van der Waals surface area contributed by atoms with Crippen LogP contribution < -0.4 is 4.90 Å². The van der Waals surface area contributed by atoms with Gasteiger partial charge in [0.25, 0.3) is 0 Å². The monoisotopic (exact) mass is 165 g/mol. The molecule has 1 aliphatic heterocycles. The van der Waals surface area contributed by atoms with Crippen molar-refractivity contribution in [3.63, 3.8) is 0 Å². The fourth-order valence-corrected chi connectivity index (χ4v) is 1.78. The summed E-state index contributed by atoms with van der Waals surface area (Å²) in [6.07, 6.45) is 5.81. The van der Waals surface area contributed by atoms with Gasteiger partial charge in [-0.3, -0.25) is 4.68 Å². The van der Waals surface area contributed by atoms with Crippen molar-refractivity contribution in [2.24, 2.45) is 7.05 Å². The zero-order valence-corrected chi connectivity index (χ0v) is 7.75. The Hall–Kier alpha value is -0.990. The van der Waals surface area contributed by atoms with Gasteiger partial charge in [-0.2, -0.15) is 5.10 Å². The maximum absolute atomic E-state index is 4.44. The van der Waals surface area contributed by atoms with Gasteiger partial charge in [-0.1, -0.05) is 0 Å². The van der Waals surface area contributed by atoms with E-state index in [0.29, 0.717) is 0 Å². The molecule has 0 saturated heterocycles. The van der Waals surface area contributed by atoms with Gasteiger partial charge in [0.1, 0.15) is 0 Å². The topological polar surface area (TPSA) is 21.1 Å². The second-order valence-electron chi connectivity index (χ2n) is 3.51. The van der Waals surface area contributed by atoms with Crippen LogP contribution in [0, 0.1) is 0 Å². The average Bonchev–Trinajstić information content (AvgIpc) is 2.33. The maximum Gasteiger partial charge on any atom is 0.0857 e. The van der Waals surface area contributed by atoms with E-state index >= 15 is 0 Å². The first-order valence-corrected chi connectivity index (χ1v) is 4.51. The lowest BCUT2D eigenvalue weighted by molar-refractivity contribution is 0.698. The van der Waals surface area contributed by atoms with E-state index in [1.807, 2.05) is 11.7 Å². The van der Waals surface area contributed by atoms with Crippen LogP contribution in [-0.4, -0.2) is 23.4 Å². The molecule has 0 amide bonds. The van der Waals surface area contributed by atoms with E-state index in [-0.39, 0.29) is 0 Å². The second kappa shape index (κ2) is 2.81. The molecule has 0 bridgehead atoms. The van der Waals surface area contributed by atoms with E-state index in [4.69, 9.17) is 0 Å². The van der Waals surface area contributed by atoms with Crippen LogP contribution in [0.4, 0.5) is 5.69 Å². The first-order valence-electron chi connectivity index (χ1n) is 4.51. The number of anilines is 1. The van der Waals surface area contributed by atoms with Crippen molar-refractivity contribution in [3.05, 3.63) is 11.9 Å². The van der Waals surface area contributed by atoms with Crippen molar-refractivity contribution in [2.45, 2.75) is 19.3 Å². The number of hydrogen-bond acceptors (Lipinski definition) is 2. The molecule has 1 aromatic heterocycles. The molecule has 2 heterocycles. The van der Waals surface area contributed by atoms with Crippen molar-refractivity contribution in [2.75, 3.05) is 18.5 Å². The highest BCUT2D eigenvalue weighted by molar-refractivity contribution is 5.49. The molecular formula is C9H15N3. The van der Waals surface area contributed by atoms with Crippen molar-refractivity contribution >= 4 is 5.69 Å². The summed E-state index contributed by atoms with van der Waals surface area (Å²) in [6.45, 7) is 1.17. The highest BCUT2D eigenvalue weighted by Crippen LogP contribution is 2.22. The summed E-state index contributed by atoms with van der Waals surface area (Å²) in [5, 5.41) is 4.44. The molecule has 0 aromatic carbocycles. The predicted octanol–water partition coefficient (Wildman–Crippen LogP) is 1.19. The van der Waals surface area contributed by atoms with Gasteiger partial charge >= 0.3 is 0 Å². The van der Waals surface area contributed by atoms with Crippen molar-refractivity contribution in [1.29, 1.82) is 0 Å². The Morgan fingerprint density at radius 3 is 3.00 bits per heavy atom. The van der Waals surface area contributed by atoms with Crippen LogP contribution >= 0.6 is 0 Å². The molecule has 0 N–H and O–H groups in total. The summed E-state index contributed by atoms with van der Waals surface area (Å²) in [7, 11) is 4.13. The number of aromatic nitrogens is 2. The minimum atomic E-state index is 1.14. The highest BCUT2D eigenvalue weighted by Gasteiger charge is 2.14. The van der Waals surface area contributed by atoms with Gasteiger partial charge in [0, 0.05) is 26.8 Å². The molecule has 3 heteroatoms. The Morgan fingerprint density at radius 2 is 2.17 bits per heavy atom. The lowest BCUT2D eigenvalue weighted by Crippen LogP contribution is -2.16. The Morgan fingerprint density at radius 1 is 1.33 bits per heavy atom. The van der Waals surface area contributed by atoms with Crippen LogP contribution in [-0.2, 0) is 13.5 Å². The molecular weight excluding hydrogens is 150 g/mol. The largest absolute Gasteiger partial charge is 0.372 e. The summed E-state index contributed by atoms with van der Waals surface area (Å²) >= 11 is 0. The quantitative estimate of drug-likeness (QED) is 0.576. The Kier molecular flexibility index (Phi) is 1.79. The summed E-state index contributed by atoms with van der Waals surface area (Å²) in [4.78, 5) is 2.30. The van der Waals surface area contributed by atoms with Gasteiger partial charge in [0.05, 0.1) is 11.4 Å². The summed E-state index contributed by atoms with van der Waals surface area (Å²) < 4.78 is 1.91. The standard InChI is InChI=1S/C9H15N3/c1-11-6-4-3-5-8-9(11)7-12(2)10-8/h7H,3-6H2,1-2H3. The molecule has 0 saturated carbocycles. The first-order chi connectivity index (χ1) is 5.77.